The molecule has 0 aliphatic carbocycles. The van der Waals surface area contributed by atoms with Gasteiger partial charge in [0.05, 0.1) is 0 Å². The van der Waals surface area contributed by atoms with E-state index in [1.807, 2.05) is 23.5 Å². The maximum absolute atomic E-state index is 2.28. The highest BCUT2D eigenvalue weighted by Gasteiger charge is 1.95. The quantitative estimate of drug-likeness (QED) is 0.565. The van der Waals surface area contributed by atoms with Crippen molar-refractivity contribution < 1.29 is 0 Å². The second-order valence-corrected chi connectivity index (χ2v) is 4.45. The third-order valence-corrected chi connectivity index (χ3v) is 3.43. The van der Waals surface area contributed by atoms with Gasteiger partial charge in [-0.05, 0) is 12.7 Å². The van der Waals surface area contributed by atoms with E-state index in [1.165, 1.54) is 11.5 Å². The molecule has 0 amide bonds. The van der Waals surface area contributed by atoms with Crippen LogP contribution in [0, 0.1) is 0 Å². The molecule has 0 spiro atoms. The van der Waals surface area contributed by atoms with E-state index in [9.17, 15) is 0 Å². The second kappa shape index (κ2) is 5.83. The lowest BCUT2D eigenvalue weighted by atomic mass is 10.4. The Morgan fingerprint density at radius 3 is 2.50 bits per heavy atom. The molecular weight excluding hydrogens is 136 g/mol. The Labute approximate surface area is 60.8 Å². The average Bonchev–Trinajstić information content (AvgIpc) is 1.83. The highest BCUT2D eigenvalue weighted by Crippen LogP contribution is 2.17. The Hall–Kier alpha value is 0.700. The van der Waals surface area contributed by atoms with Crippen molar-refractivity contribution in [3.63, 3.8) is 0 Å². The zero-order chi connectivity index (χ0) is 6.41. The van der Waals surface area contributed by atoms with Gasteiger partial charge in [0.2, 0.25) is 0 Å². The lowest BCUT2D eigenvalue weighted by Gasteiger charge is -2.04. The fourth-order valence-electron chi connectivity index (χ4n) is 0.302. The van der Waals surface area contributed by atoms with Gasteiger partial charge in [0.25, 0.3) is 0 Å². The molecular formula is C6H14S2. The van der Waals surface area contributed by atoms with Gasteiger partial charge in [-0.25, -0.2) is 0 Å². The molecule has 0 heterocycles. The topological polar surface area (TPSA) is 0 Å². The first-order valence-electron chi connectivity index (χ1n) is 2.91. The van der Waals surface area contributed by atoms with Crippen LogP contribution < -0.4 is 0 Å². The fourth-order valence-corrected chi connectivity index (χ4v) is 2.01. The van der Waals surface area contributed by atoms with Crippen LogP contribution in [0.5, 0.6) is 0 Å². The predicted molar refractivity (Wildman–Crippen MR) is 45.7 cm³/mol. The average molecular weight is 150 g/mol. The molecule has 0 N–H and O–H groups in total. The first-order valence-corrected chi connectivity index (χ1v) is 5.36. The molecule has 0 aromatic rings. The number of thioether (sulfide) groups is 2. The third kappa shape index (κ3) is 4.85. The van der Waals surface area contributed by atoms with Gasteiger partial charge in [-0.1, -0.05) is 13.8 Å². The van der Waals surface area contributed by atoms with E-state index >= 15 is 0 Å². The molecule has 0 saturated carbocycles. The van der Waals surface area contributed by atoms with E-state index in [0.29, 0.717) is 0 Å². The number of hydrogen-bond acceptors (Lipinski definition) is 2. The Morgan fingerprint density at radius 2 is 2.12 bits per heavy atom. The van der Waals surface area contributed by atoms with Gasteiger partial charge >= 0.3 is 0 Å². The van der Waals surface area contributed by atoms with Crippen LogP contribution in [0.1, 0.15) is 20.3 Å². The van der Waals surface area contributed by atoms with Gasteiger partial charge in [-0.3, -0.25) is 0 Å². The summed E-state index contributed by atoms with van der Waals surface area (Å²) in [5, 5.41) is 2.09. The Kier molecular flexibility index (Phi) is 6.34. The Balaban J connectivity index is 2.86. The molecule has 0 aromatic carbocycles. The van der Waals surface area contributed by atoms with E-state index < -0.39 is 0 Å². The molecule has 0 nitrogen and oxygen atoms in total. The largest absolute Gasteiger partial charge is 0.154 e. The summed E-state index contributed by atoms with van der Waals surface area (Å²) in [6, 6.07) is 0. The molecule has 0 aromatic heterocycles. The van der Waals surface area contributed by atoms with Gasteiger partial charge in [-0.15, -0.1) is 11.8 Å². The molecule has 2 heteroatoms. The molecule has 0 bridgehead atoms. The van der Waals surface area contributed by atoms with Gasteiger partial charge in [0.15, 0.2) is 0 Å². The van der Waals surface area contributed by atoms with Crippen LogP contribution in [0.4, 0.5) is 0 Å². The van der Waals surface area contributed by atoms with Crippen LogP contribution >= 0.6 is 23.5 Å². The molecule has 0 fully saturated rings. The van der Waals surface area contributed by atoms with Crippen LogP contribution in [0.25, 0.3) is 0 Å². The van der Waals surface area contributed by atoms with Crippen molar-refractivity contribution in [1.82, 2.24) is 0 Å². The summed E-state index contributed by atoms with van der Waals surface area (Å²) in [6.07, 6.45) is 3.45. The predicted octanol–water partition coefficient (Wildman–Crippen LogP) is 2.84. The van der Waals surface area contributed by atoms with Crippen molar-refractivity contribution in [3.05, 3.63) is 0 Å². The fraction of sp³-hybridized carbons (Fsp3) is 1.00. The van der Waals surface area contributed by atoms with Crippen LogP contribution in [0.15, 0.2) is 0 Å². The highest BCUT2D eigenvalue weighted by molar-refractivity contribution is 8.15. The van der Waals surface area contributed by atoms with Crippen LogP contribution in [-0.2, 0) is 0 Å². The zero-order valence-corrected chi connectivity index (χ0v) is 7.44. The molecule has 0 saturated heterocycles. The second-order valence-electron chi connectivity index (χ2n) is 1.79. The third-order valence-electron chi connectivity index (χ3n) is 1.05. The minimum Gasteiger partial charge on any atom is -0.154 e. The molecule has 0 rings (SSSR count). The normalized spacial score (nSPS) is 13.9. The van der Waals surface area contributed by atoms with Crippen LogP contribution in [-0.4, -0.2) is 16.6 Å². The number of hydrogen-bond donors (Lipinski definition) is 0. The molecule has 0 aliphatic heterocycles. The first-order chi connectivity index (χ1) is 3.81. The maximum Gasteiger partial charge on any atom is 0.0392 e. The lowest BCUT2D eigenvalue weighted by Crippen LogP contribution is -1.91. The molecule has 8 heavy (non-hydrogen) atoms. The van der Waals surface area contributed by atoms with Gasteiger partial charge in [0.1, 0.15) is 0 Å². The molecule has 0 radical (unpaired) electrons. The summed E-state index contributed by atoms with van der Waals surface area (Å²) in [4.78, 5) is 0. The van der Waals surface area contributed by atoms with E-state index in [1.54, 1.807) is 0 Å². The summed E-state index contributed by atoms with van der Waals surface area (Å²) in [6.45, 7) is 4.51. The van der Waals surface area contributed by atoms with Crippen LogP contribution in [0.2, 0.25) is 0 Å². The summed E-state index contributed by atoms with van der Waals surface area (Å²) >= 11 is 3.95. The monoisotopic (exact) mass is 150 g/mol. The van der Waals surface area contributed by atoms with Crippen molar-refractivity contribution in [3.8, 4) is 0 Å². The minimum atomic E-state index is 0.849. The molecule has 50 valence electrons. The van der Waals surface area contributed by atoms with Gasteiger partial charge in [-0.2, -0.15) is 11.8 Å². The Bertz CT molecular complexity index is 45.8. The van der Waals surface area contributed by atoms with E-state index in [2.05, 4.69) is 20.1 Å². The van der Waals surface area contributed by atoms with E-state index in [-0.39, 0.29) is 0 Å². The van der Waals surface area contributed by atoms with E-state index in [4.69, 9.17) is 0 Å². The highest BCUT2D eigenvalue weighted by atomic mass is 32.2. The van der Waals surface area contributed by atoms with Crippen molar-refractivity contribution in [2.75, 3.05) is 11.3 Å². The lowest BCUT2D eigenvalue weighted by molar-refractivity contribution is 0.908. The van der Waals surface area contributed by atoms with Crippen LogP contribution in [0.3, 0.4) is 0 Å². The smallest absolute Gasteiger partial charge is 0.0392 e. The number of rotatable bonds is 4. The zero-order valence-electron chi connectivity index (χ0n) is 5.81. The first kappa shape index (κ1) is 8.70. The molecule has 1 unspecified atom stereocenters. The summed E-state index contributed by atoms with van der Waals surface area (Å²) < 4.78 is 0. The minimum absolute atomic E-state index is 0.849. The summed E-state index contributed by atoms with van der Waals surface area (Å²) in [5.41, 5.74) is 0. The summed E-state index contributed by atoms with van der Waals surface area (Å²) in [7, 11) is 0. The van der Waals surface area contributed by atoms with Gasteiger partial charge < -0.3 is 0 Å². The van der Waals surface area contributed by atoms with Crippen molar-refractivity contribution in [2.24, 2.45) is 0 Å². The van der Waals surface area contributed by atoms with Crippen molar-refractivity contribution in [1.29, 1.82) is 0 Å². The Morgan fingerprint density at radius 1 is 1.50 bits per heavy atom. The van der Waals surface area contributed by atoms with E-state index in [0.717, 1.165) is 5.25 Å². The summed E-state index contributed by atoms with van der Waals surface area (Å²) in [5.74, 6) is 0. The maximum atomic E-state index is 2.28. The van der Waals surface area contributed by atoms with Gasteiger partial charge in [0, 0.05) is 10.3 Å². The molecule has 0 aliphatic rings. The molecule has 1 atom stereocenters. The SMILES string of the molecule is CCC(C)SCSC. The van der Waals surface area contributed by atoms with Crippen molar-refractivity contribution >= 4 is 23.5 Å². The van der Waals surface area contributed by atoms with Crippen molar-refractivity contribution in [2.45, 2.75) is 25.5 Å². The standard InChI is InChI=1S/C6H14S2/c1-4-6(2)8-5-7-3/h6H,4-5H2,1-3H3.